The van der Waals surface area contributed by atoms with Crippen molar-refractivity contribution in [2.45, 2.75) is 18.9 Å². The Hall–Kier alpha value is -1.46. The lowest BCUT2D eigenvalue weighted by Gasteiger charge is -2.34. The molecule has 1 amide bonds. The van der Waals surface area contributed by atoms with E-state index >= 15 is 0 Å². The number of nitrogens with two attached hydrogens (primary N) is 1. The highest BCUT2D eigenvalue weighted by molar-refractivity contribution is 7.80. The molecule has 1 aliphatic heterocycles. The summed E-state index contributed by atoms with van der Waals surface area (Å²) in [5, 5.41) is 0. The number of rotatable bonds is 3. The fraction of sp³-hybridized carbons (Fsp3) is 0.467. The van der Waals surface area contributed by atoms with Crippen LogP contribution >= 0.6 is 12.2 Å². The average molecular weight is 289 g/mol. The third kappa shape index (κ3) is 2.83. The van der Waals surface area contributed by atoms with Crippen molar-refractivity contribution in [3.05, 3.63) is 35.4 Å². The standard InChI is InChI=1S/C15H19N3OS/c16-14(20)11-2-1-3-12(10-11)15(19)18-8-6-17(7-9-18)13-4-5-13/h1-3,10,13H,4-9H2,(H2,16,20). The lowest BCUT2D eigenvalue weighted by atomic mass is 10.1. The van der Waals surface area contributed by atoms with Crippen LogP contribution in [-0.2, 0) is 0 Å². The molecule has 5 heteroatoms. The summed E-state index contributed by atoms with van der Waals surface area (Å²) in [5.41, 5.74) is 7.05. The molecular formula is C15H19N3OS. The number of carbonyl (C=O) groups is 1. The summed E-state index contributed by atoms with van der Waals surface area (Å²) >= 11 is 4.96. The predicted molar refractivity (Wildman–Crippen MR) is 82.8 cm³/mol. The summed E-state index contributed by atoms with van der Waals surface area (Å²) < 4.78 is 0. The quantitative estimate of drug-likeness (QED) is 0.851. The minimum atomic E-state index is 0.0820. The van der Waals surface area contributed by atoms with Gasteiger partial charge < -0.3 is 10.6 Å². The van der Waals surface area contributed by atoms with Gasteiger partial charge in [-0.1, -0.05) is 24.4 Å². The molecule has 1 aromatic carbocycles. The van der Waals surface area contributed by atoms with Crippen LogP contribution < -0.4 is 5.73 Å². The van der Waals surface area contributed by atoms with E-state index in [4.69, 9.17) is 18.0 Å². The molecule has 0 atom stereocenters. The van der Waals surface area contributed by atoms with Crippen molar-refractivity contribution < 1.29 is 4.79 Å². The fourth-order valence-electron chi connectivity index (χ4n) is 2.72. The number of nitrogens with zero attached hydrogens (tertiary/aromatic N) is 2. The maximum Gasteiger partial charge on any atom is 0.253 e. The van der Waals surface area contributed by atoms with Crippen molar-refractivity contribution in [3.8, 4) is 0 Å². The van der Waals surface area contributed by atoms with E-state index in [2.05, 4.69) is 4.90 Å². The van der Waals surface area contributed by atoms with Gasteiger partial charge >= 0.3 is 0 Å². The lowest BCUT2D eigenvalue weighted by molar-refractivity contribution is 0.0627. The summed E-state index contributed by atoms with van der Waals surface area (Å²) in [6, 6.07) is 8.08. The highest BCUT2D eigenvalue weighted by atomic mass is 32.1. The van der Waals surface area contributed by atoms with E-state index < -0.39 is 0 Å². The highest BCUT2D eigenvalue weighted by Gasteiger charge is 2.32. The molecule has 1 saturated carbocycles. The molecule has 20 heavy (non-hydrogen) atoms. The van der Waals surface area contributed by atoms with Crippen LogP contribution in [0.25, 0.3) is 0 Å². The molecule has 106 valence electrons. The minimum absolute atomic E-state index is 0.0820. The first-order chi connectivity index (χ1) is 9.65. The van der Waals surface area contributed by atoms with Crippen molar-refractivity contribution in [1.82, 2.24) is 9.80 Å². The van der Waals surface area contributed by atoms with Crippen molar-refractivity contribution in [2.75, 3.05) is 26.2 Å². The third-order valence-electron chi connectivity index (χ3n) is 4.06. The molecule has 1 aromatic rings. The molecule has 1 aliphatic carbocycles. The van der Waals surface area contributed by atoms with E-state index in [1.165, 1.54) is 12.8 Å². The molecule has 0 aromatic heterocycles. The first-order valence-corrected chi connectivity index (χ1v) is 7.49. The predicted octanol–water partition coefficient (Wildman–Crippen LogP) is 1.24. The van der Waals surface area contributed by atoms with Crippen LogP contribution in [0.4, 0.5) is 0 Å². The Morgan fingerprint density at radius 1 is 1.15 bits per heavy atom. The van der Waals surface area contributed by atoms with Gasteiger partial charge in [0.2, 0.25) is 0 Å². The van der Waals surface area contributed by atoms with Crippen LogP contribution in [0.2, 0.25) is 0 Å². The molecule has 1 heterocycles. The molecule has 0 spiro atoms. The van der Waals surface area contributed by atoms with Crippen molar-refractivity contribution in [2.24, 2.45) is 5.73 Å². The number of thiocarbonyl (C=S) groups is 1. The zero-order valence-corrected chi connectivity index (χ0v) is 12.2. The largest absolute Gasteiger partial charge is 0.389 e. The maximum atomic E-state index is 12.5. The van der Waals surface area contributed by atoms with Gasteiger partial charge in [0, 0.05) is 43.3 Å². The lowest BCUT2D eigenvalue weighted by Crippen LogP contribution is -2.49. The minimum Gasteiger partial charge on any atom is -0.389 e. The average Bonchev–Trinajstić information content (AvgIpc) is 3.31. The van der Waals surface area contributed by atoms with Crippen LogP contribution in [0.15, 0.2) is 24.3 Å². The van der Waals surface area contributed by atoms with E-state index in [-0.39, 0.29) is 5.91 Å². The van der Waals surface area contributed by atoms with Crippen LogP contribution in [0.3, 0.4) is 0 Å². The molecule has 0 radical (unpaired) electrons. The molecule has 2 fully saturated rings. The topological polar surface area (TPSA) is 49.6 Å². The summed E-state index contributed by atoms with van der Waals surface area (Å²) in [7, 11) is 0. The Balaban J connectivity index is 1.66. The van der Waals surface area contributed by atoms with Gasteiger partial charge in [0.1, 0.15) is 4.99 Å². The Morgan fingerprint density at radius 3 is 2.40 bits per heavy atom. The van der Waals surface area contributed by atoms with Crippen molar-refractivity contribution in [3.63, 3.8) is 0 Å². The first-order valence-electron chi connectivity index (χ1n) is 7.08. The van der Waals surface area contributed by atoms with Gasteiger partial charge in [-0.05, 0) is 25.0 Å². The molecule has 4 nitrogen and oxygen atoms in total. The number of benzene rings is 1. The Bertz CT molecular complexity index is 534. The zero-order chi connectivity index (χ0) is 14.1. The van der Waals surface area contributed by atoms with E-state index in [9.17, 15) is 4.79 Å². The number of amides is 1. The van der Waals surface area contributed by atoms with Gasteiger partial charge in [0.05, 0.1) is 0 Å². The Kier molecular flexibility index (Phi) is 3.72. The van der Waals surface area contributed by atoms with Gasteiger partial charge in [-0.15, -0.1) is 0 Å². The van der Waals surface area contributed by atoms with E-state index in [1.54, 1.807) is 6.07 Å². The number of hydrogen-bond acceptors (Lipinski definition) is 3. The second-order valence-electron chi connectivity index (χ2n) is 5.50. The number of piperazine rings is 1. The van der Waals surface area contributed by atoms with Gasteiger partial charge in [0.25, 0.3) is 5.91 Å². The summed E-state index contributed by atoms with van der Waals surface area (Å²) in [4.78, 5) is 17.2. The number of carbonyl (C=O) groups excluding carboxylic acids is 1. The molecule has 2 N–H and O–H groups in total. The third-order valence-corrected chi connectivity index (χ3v) is 4.29. The zero-order valence-electron chi connectivity index (χ0n) is 11.4. The van der Waals surface area contributed by atoms with Crippen molar-refractivity contribution in [1.29, 1.82) is 0 Å². The summed E-state index contributed by atoms with van der Waals surface area (Å²) in [6.07, 6.45) is 2.65. The molecule has 2 aliphatic rings. The van der Waals surface area contributed by atoms with Gasteiger partial charge in [-0.25, -0.2) is 0 Å². The van der Waals surface area contributed by atoms with Crippen LogP contribution in [0, 0.1) is 0 Å². The molecule has 0 bridgehead atoms. The molecular weight excluding hydrogens is 270 g/mol. The molecule has 3 rings (SSSR count). The van der Waals surface area contributed by atoms with Crippen LogP contribution in [0.5, 0.6) is 0 Å². The SMILES string of the molecule is NC(=S)c1cccc(C(=O)N2CCN(C3CC3)CC2)c1. The van der Waals surface area contributed by atoms with E-state index in [1.807, 2.05) is 23.1 Å². The molecule has 1 saturated heterocycles. The van der Waals surface area contributed by atoms with E-state index in [0.29, 0.717) is 10.6 Å². The monoisotopic (exact) mass is 289 g/mol. The fourth-order valence-corrected chi connectivity index (χ4v) is 2.84. The maximum absolute atomic E-state index is 12.5. The number of hydrogen-bond donors (Lipinski definition) is 1. The van der Waals surface area contributed by atoms with Gasteiger partial charge in [-0.3, -0.25) is 9.69 Å². The van der Waals surface area contributed by atoms with Crippen LogP contribution in [0.1, 0.15) is 28.8 Å². The highest BCUT2D eigenvalue weighted by Crippen LogP contribution is 2.27. The summed E-state index contributed by atoms with van der Waals surface area (Å²) in [6.45, 7) is 3.61. The second-order valence-corrected chi connectivity index (χ2v) is 5.94. The van der Waals surface area contributed by atoms with Crippen LogP contribution in [-0.4, -0.2) is 52.9 Å². The smallest absolute Gasteiger partial charge is 0.253 e. The Morgan fingerprint density at radius 2 is 1.80 bits per heavy atom. The summed E-state index contributed by atoms with van der Waals surface area (Å²) in [5.74, 6) is 0.0820. The first kappa shape index (κ1) is 13.5. The van der Waals surface area contributed by atoms with Gasteiger partial charge in [-0.2, -0.15) is 0 Å². The molecule has 0 unspecified atom stereocenters. The normalized spacial score (nSPS) is 19.9. The van der Waals surface area contributed by atoms with Gasteiger partial charge in [0.15, 0.2) is 0 Å². The van der Waals surface area contributed by atoms with Crippen molar-refractivity contribution >= 4 is 23.1 Å². The Labute approximate surface area is 124 Å². The van der Waals surface area contributed by atoms with E-state index in [0.717, 1.165) is 37.8 Å². The second kappa shape index (κ2) is 5.50.